The largest absolute Gasteiger partial charge is 0.379 e. The van der Waals surface area contributed by atoms with E-state index in [4.69, 9.17) is 21.3 Å². The number of anilines is 1. The zero-order valence-corrected chi connectivity index (χ0v) is 18.8. The van der Waals surface area contributed by atoms with Crippen LogP contribution in [0.1, 0.15) is 36.8 Å². The normalized spacial score (nSPS) is 15.2. The van der Waals surface area contributed by atoms with E-state index in [1.54, 1.807) is 21.8 Å². The van der Waals surface area contributed by atoms with Crippen molar-refractivity contribution in [3.63, 3.8) is 0 Å². The van der Waals surface area contributed by atoms with E-state index in [-0.39, 0.29) is 11.9 Å². The number of fused-ring (bicyclic) bond motifs is 1. The number of benzene rings is 1. The Hall–Kier alpha value is -2.00. The molecular weight excluding hydrogens is 422 g/mol. The predicted molar refractivity (Wildman–Crippen MR) is 121 cm³/mol. The van der Waals surface area contributed by atoms with Gasteiger partial charge in [0, 0.05) is 43.4 Å². The van der Waals surface area contributed by atoms with Crippen LogP contribution in [0, 0.1) is 0 Å². The van der Waals surface area contributed by atoms with Gasteiger partial charge in [-0.25, -0.2) is 4.98 Å². The van der Waals surface area contributed by atoms with Crippen LogP contribution in [-0.4, -0.2) is 65.0 Å². The summed E-state index contributed by atoms with van der Waals surface area (Å²) in [6, 6.07) is 7.50. The minimum atomic E-state index is -0.0756. The molecule has 1 aliphatic heterocycles. The van der Waals surface area contributed by atoms with E-state index >= 15 is 0 Å². The minimum Gasteiger partial charge on any atom is -0.379 e. The number of nitrogens with zero attached hydrogens (tertiary/aromatic N) is 5. The number of hydrogen-bond donors (Lipinski definition) is 0. The molecule has 30 heavy (non-hydrogen) atoms. The second kappa shape index (κ2) is 9.43. The van der Waals surface area contributed by atoms with E-state index in [0.29, 0.717) is 22.4 Å². The van der Waals surface area contributed by atoms with Gasteiger partial charge in [-0.05, 0) is 44.5 Å². The molecule has 0 bridgehead atoms. The van der Waals surface area contributed by atoms with E-state index in [1.165, 1.54) is 11.3 Å². The van der Waals surface area contributed by atoms with Gasteiger partial charge in [0.05, 0.1) is 23.4 Å². The molecule has 1 fully saturated rings. The fraction of sp³-hybridized carbons (Fsp3) is 0.476. The van der Waals surface area contributed by atoms with Crippen LogP contribution >= 0.6 is 22.9 Å². The number of amides is 1. The van der Waals surface area contributed by atoms with Crippen LogP contribution < -0.4 is 4.90 Å². The highest BCUT2D eigenvalue weighted by Gasteiger charge is 2.25. The van der Waals surface area contributed by atoms with Crippen molar-refractivity contribution in [3.05, 3.63) is 41.2 Å². The van der Waals surface area contributed by atoms with Gasteiger partial charge < -0.3 is 4.74 Å². The topological polar surface area (TPSA) is 63.5 Å². The van der Waals surface area contributed by atoms with Gasteiger partial charge in [-0.15, -0.1) is 0 Å². The maximum Gasteiger partial charge on any atom is 0.278 e. The van der Waals surface area contributed by atoms with E-state index in [1.807, 2.05) is 32.0 Å². The van der Waals surface area contributed by atoms with Gasteiger partial charge in [-0.1, -0.05) is 22.9 Å². The minimum absolute atomic E-state index is 0.0756. The van der Waals surface area contributed by atoms with Crippen LogP contribution in [0.25, 0.3) is 10.2 Å². The van der Waals surface area contributed by atoms with Gasteiger partial charge in [-0.3, -0.25) is 19.3 Å². The van der Waals surface area contributed by atoms with E-state index < -0.39 is 0 Å². The summed E-state index contributed by atoms with van der Waals surface area (Å²) in [6.07, 6.45) is 2.54. The summed E-state index contributed by atoms with van der Waals surface area (Å²) in [7, 11) is 0. The zero-order valence-electron chi connectivity index (χ0n) is 17.3. The van der Waals surface area contributed by atoms with Gasteiger partial charge in [-0.2, -0.15) is 5.10 Å². The number of carbonyl (C=O) groups excluding carboxylic acids is 1. The van der Waals surface area contributed by atoms with Crippen LogP contribution in [0.4, 0.5) is 5.13 Å². The second-order valence-electron chi connectivity index (χ2n) is 7.63. The molecule has 0 N–H and O–H groups in total. The molecule has 0 spiro atoms. The summed E-state index contributed by atoms with van der Waals surface area (Å²) in [5.41, 5.74) is 1.43. The number of thiazole rings is 1. The quantitative estimate of drug-likeness (QED) is 0.545. The highest BCUT2D eigenvalue weighted by atomic mass is 35.5. The molecule has 7 nitrogen and oxygen atoms in total. The van der Waals surface area contributed by atoms with E-state index in [9.17, 15) is 4.79 Å². The molecule has 3 aromatic rings. The molecule has 1 aliphatic rings. The zero-order chi connectivity index (χ0) is 21.1. The maximum atomic E-state index is 13.5. The summed E-state index contributed by atoms with van der Waals surface area (Å²) >= 11 is 7.64. The smallest absolute Gasteiger partial charge is 0.278 e. The molecule has 0 saturated carbocycles. The standard InChI is InChI=1S/C21H26ClN5O2S/c1-15(2)27-18(6-7-23-27)20(28)26(9-3-8-25-10-12-29-13-11-25)21-24-17-5-4-16(22)14-19(17)30-21/h4-7,14-15H,3,8-13H2,1-2H3. The van der Waals surface area contributed by atoms with Crippen molar-refractivity contribution in [3.8, 4) is 0 Å². The molecule has 3 heterocycles. The van der Waals surface area contributed by atoms with Crippen molar-refractivity contribution in [1.82, 2.24) is 19.7 Å². The van der Waals surface area contributed by atoms with Crippen molar-refractivity contribution in [1.29, 1.82) is 0 Å². The highest BCUT2D eigenvalue weighted by molar-refractivity contribution is 7.22. The highest BCUT2D eigenvalue weighted by Crippen LogP contribution is 2.32. The van der Waals surface area contributed by atoms with Crippen LogP contribution in [0.2, 0.25) is 5.02 Å². The Kier molecular flexibility index (Phi) is 6.67. The van der Waals surface area contributed by atoms with Crippen LogP contribution in [0.15, 0.2) is 30.5 Å². The molecule has 1 amide bonds. The Labute approximate surface area is 185 Å². The Bertz CT molecular complexity index is 1010. The lowest BCUT2D eigenvalue weighted by Gasteiger charge is -2.28. The van der Waals surface area contributed by atoms with Crippen molar-refractivity contribution >= 4 is 44.2 Å². The van der Waals surface area contributed by atoms with Crippen LogP contribution in [0.3, 0.4) is 0 Å². The molecule has 4 rings (SSSR count). The first-order valence-corrected chi connectivity index (χ1v) is 11.4. The number of morpholine rings is 1. The average Bonchev–Trinajstić information content (AvgIpc) is 3.38. The molecule has 1 aromatic carbocycles. The first-order chi connectivity index (χ1) is 14.5. The number of halogens is 1. The molecule has 0 unspecified atom stereocenters. The van der Waals surface area contributed by atoms with Crippen molar-refractivity contribution in [2.24, 2.45) is 0 Å². The molecular formula is C21H26ClN5O2S. The number of ether oxygens (including phenoxy) is 1. The van der Waals surface area contributed by atoms with Crippen LogP contribution in [0.5, 0.6) is 0 Å². The molecule has 160 valence electrons. The molecule has 0 atom stereocenters. The van der Waals surface area contributed by atoms with Gasteiger partial charge in [0.2, 0.25) is 0 Å². The maximum absolute atomic E-state index is 13.5. The molecule has 1 saturated heterocycles. The summed E-state index contributed by atoms with van der Waals surface area (Å²) < 4.78 is 8.17. The molecule has 9 heteroatoms. The number of hydrogen-bond acceptors (Lipinski definition) is 6. The predicted octanol–water partition coefficient (Wildman–Crippen LogP) is 4.10. The monoisotopic (exact) mass is 447 g/mol. The lowest BCUT2D eigenvalue weighted by atomic mass is 10.3. The molecule has 0 radical (unpaired) electrons. The lowest BCUT2D eigenvalue weighted by molar-refractivity contribution is 0.0376. The third kappa shape index (κ3) is 4.67. The Morgan fingerprint density at radius 3 is 2.87 bits per heavy atom. The fourth-order valence-corrected chi connectivity index (χ4v) is 4.86. The van der Waals surface area contributed by atoms with Crippen molar-refractivity contribution < 1.29 is 9.53 Å². The Balaban J connectivity index is 1.59. The third-order valence-electron chi connectivity index (χ3n) is 5.15. The van der Waals surface area contributed by atoms with Gasteiger partial charge in [0.1, 0.15) is 5.69 Å². The van der Waals surface area contributed by atoms with Gasteiger partial charge in [0.15, 0.2) is 5.13 Å². The van der Waals surface area contributed by atoms with Gasteiger partial charge in [0.25, 0.3) is 5.91 Å². The van der Waals surface area contributed by atoms with E-state index in [0.717, 1.165) is 49.5 Å². The lowest BCUT2D eigenvalue weighted by Crippen LogP contribution is -2.39. The number of rotatable bonds is 7. The SMILES string of the molecule is CC(C)n1nccc1C(=O)N(CCCN1CCOCC1)c1nc2ccc(Cl)cc2s1. The first kappa shape index (κ1) is 21.2. The average molecular weight is 448 g/mol. The van der Waals surface area contributed by atoms with E-state index in [2.05, 4.69) is 10.00 Å². The van der Waals surface area contributed by atoms with Crippen LogP contribution in [-0.2, 0) is 4.74 Å². The summed E-state index contributed by atoms with van der Waals surface area (Å²) in [5, 5.41) is 5.69. The summed E-state index contributed by atoms with van der Waals surface area (Å²) in [6.45, 7) is 8.98. The molecule has 0 aliphatic carbocycles. The van der Waals surface area contributed by atoms with Crippen molar-refractivity contribution in [2.45, 2.75) is 26.3 Å². The summed E-state index contributed by atoms with van der Waals surface area (Å²) in [4.78, 5) is 22.4. The molecule has 2 aromatic heterocycles. The number of aromatic nitrogens is 3. The third-order valence-corrected chi connectivity index (χ3v) is 6.43. The fourth-order valence-electron chi connectivity index (χ4n) is 3.60. The summed E-state index contributed by atoms with van der Waals surface area (Å²) in [5.74, 6) is -0.0756. The Morgan fingerprint density at radius 1 is 1.30 bits per heavy atom. The van der Waals surface area contributed by atoms with Gasteiger partial charge >= 0.3 is 0 Å². The van der Waals surface area contributed by atoms with Crippen molar-refractivity contribution in [2.75, 3.05) is 44.3 Å². The second-order valence-corrected chi connectivity index (χ2v) is 9.07. The first-order valence-electron chi connectivity index (χ1n) is 10.2. The Morgan fingerprint density at radius 2 is 2.10 bits per heavy atom. The number of carbonyl (C=O) groups is 1.